The van der Waals surface area contributed by atoms with Crippen LogP contribution in [0.25, 0.3) is 0 Å². The Morgan fingerprint density at radius 3 is 2.50 bits per heavy atom. The van der Waals surface area contributed by atoms with Crippen LogP contribution in [0.1, 0.15) is 13.3 Å². The van der Waals surface area contributed by atoms with Gasteiger partial charge in [0.2, 0.25) is 0 Å². The number of carbonyl (C=O) groups excluding carboxylic acids is 1. The maximum atomic E-state index is 10.7. The Labute approximate surface area is 57.6 Å². The summed E-state index contributed by atoms with van der Waals surface area (Å²) in [6, 6.07) is 0. The Kier molecular flexibility index (Phi) is 1.71. The molecule has 1 saturated carbocycles. The minimum absolute atomic E-state index is 0.373. The van der Waals surface area contributed by atoms with E-state index in [1.54, 1.807) is 0 Å². The van der Waals surface area contributed by atoms with E-state index in [9.17, 15) is 4.79 Å². The van der Waals surface area contributed by atoms with Crippen molar-refractivity contribution in [1.82, 2.24) is 0 Å². The zero-order chi connectivity index (χ0) is 6.15. The largest absolute Gasteiger partial charge is 0.298 e. The topological polar surface area (TPSA) is 17.1 Å². The zero-order valence-electron chi connectivity index (χ0n) is 4.86. The molecule has 0 aromatic heterocycles. The molecule has 1 fully saturated rings. The molecule has 0 bridgehead atoms. The van der Waals surface area contributed by atoms with Crippen LogP contribution < -0.4 is 0 Å². The smallest absolute Gasteiger partial charge is 0.146 e. The molecule has 0 heterocycles. The van der Waals surface area contributed by atoms with Gasteiger partial charge < -0.3 is 0 Å². The van der Waals surface area contributed by atoms with Crippen molar-refractivity contribution in [2.24, 2.45) is 11.8 Å². The summed E-state index contributed by atoms with van der Waals surface area (Å²) in [7, 11) is 0. The molecule has 0 aromatic carbocycles. The predicted octanol–water partition coefficient (Wildman–Crippen LogP) is 1.61. The molecule has 0 spiro atoms. The molecule has 1 rings (SSSR count). The number of alkyl halides is 1. The Morgan fingerprint density at radius 2 is 2.38 bits per heavy atom. The third-order valence-electron chi connectivity index (χ3n) is 1.65. The summed E-state index contributed by atoms with van der Waals surface area (Å²) in [5.74, 6) is 1.44. The van der Waals surface area contributed by atoms with Crippen molar-refractivity contribution in [2.45, 2.75) is 13.3 Å². The first-order valence-electron chi connectivity index (χ1n) is 2.84. The molecule has 0 radical (unpaired) electrons. The van der Waals surface area contributed by atoms with Crippen LogP contribution in [0.4, 0.5) is 0 Å². The Hall–Kier alpha value is 0.150. The molecule has 1 aliphatic rings. The van der Waals surface area contributed by atoms with Gasteiger partial charge in [0.25, 0.3) is 0 Å². The molecule has 1 nitrogen and oxygen atoms in total. The summed E-state index contributed by atoms with van der Waals surface area (Å²) in [5, 5.41) is 0.544. The lowest BCUT2D eigenvalue weighted by atomic mass is 10.2. The molecule has 0 saturated heterocycles. The van der Waals surface area contributed by atoms with Crippen LogP contribution >= 0.6 is 15.9 Å². The number of carbonyl (C=O) groups is 1. The van der Waals surface area contributed by atoms with Crippen molar-refractivity contribution in [2.75, 3.05) is 5.33 Å². The van der Waals surface area contributed by atoms with Gasteiger partial charge in [0.15, 0.2) is 0 Å². The van der Waals surface area contributed by atoms with Crippen molar-refractivity contribution in [3.63, 3.8) is 0 Å². The number of Topliss-reactive ketones (excluding diaryl/α,β-unsaturated/α-hetero) is 1. The lowest BCUT2D eigenvalue weighted by Gasteiger charge is -1.86. The van der Waals surface area contributed by atoms with Crippen LogP contribution in [-0.2, 0) is 4.79 Å². The second kappa shape index (κ2) is 2.18. The molecule has 8 heavy (non-hydrogen) atoms. The van der Waals surface area contributed by atoms with Crippen LogP contribution in [-0.4, -0.2) is 11.1 Å². The maximum Gasteiger partial charge on any atom is 0.146 e. The molecule has 1 aliphatic carbocycles. The Morgan fingerprint density at radius 1 is 1.88 bits per heavy atom. The summed E-state index contributed by atoms with van der Waals surface area (Å²) in [6.45, 7) is 2.12. The fourth-order valence-electron chi connectivity index (χ4n) is 0.870. The highest BCUT2D eigenvalue weighted by Gasteiger charge is 2.37. The zero-order valence-corrected chi connectivity index (χ0v) is 6.44. The van der Waals surface area contributed by atoms with Crippen LogP contribution in [0, 0.1) is 11.8 Å². The van der Waals surface area contributed by atoms with Gasteiger partial charge >= 0.3 is 0 Å². The summed E-state index contributed by atoms with van der Waals surface area (Å²) in [6.07, 6.45) is 1.12. The van der Waals surface area contributed by atoms with E-state index in [4.69, 9.17) is 0 Å². The van der Waals surface area contributed by atoms with Gasteiger partial charge in [0.05, 0.1) is 5.33 Å². The minimum atomic E-state index is 0.373. The molecule has 2 atom stereocenters. The van der Waals surface area contributed by atoms with E-state index in [2.05, 4.69) is 22.9 Å². The molecule has 2 unspecified atom stereocenters. The summed E-state index contributed by atoms with van der Waals surface area (Å²) in [5.41, 5.74) is 0. The SMILES string of the molecule is CC1CC1C(=O)CBr. The van der Waals surface area contributed by atoms with Crippen molar-refractivity contribution >= 4 is 21.7 Å². The van der Waals surface area contributed by atoms with Gasteiger partial charge in [-0.05, 0) is 12.3 Å². The van der Waals surface area contributed by atoms with Gasteiger partial charge in [0.1, 0.15) is 5.78 Å². The highest BCUT2D eigenvalue weighted by Crippen LogP contribution is 2.38. The fourth-order valence-corrected chi connectivity index (χ4v) is 1.29. The average Bonchev–Trinajstić information content (AvgIpc) is 2.45. The normalized spacial score (nSPS) is 34.8. The van der Waals surface area contributed by atoms with Crippen molar-refractivity contribution in [3.8, 4) is 0 Å². The average molecular weight is 177 g/mol. The Balaban J connectivity index is 2.28. The van der Waals surface area contributed by atoms with E-state index in [0.717, 1.165) is 6.42 Å². The van der Waals surface area contributed by atoms with Crippen LogP contribution in [0.5, 0.6) is 0 Å². The molecular formula is C6H9BrO. The quantitative estimate of drug-likeness (QED) is 0.585. The standard InChI is InChI=1S/C6H9BrO/c1-4-2-5(4)6(8)3-7/h4-5H,2-3H2,1H3. The minimum Gasteiger partial charge on any atom is -0.298 e. The van der Waals surface area contributed by atoms with E-state index in [1.165, 1.54) is 0 Å². The molecule has 0 N–H and O–H groups in total. The highest BCUT2D eigenvalue weighted by atomic mass is 79.9. The van der Waals surface area contributed by atoms with Gasteiger partial charge in [-0.25, -0.2) is 0 Å². The molecular weight excluding hydrogens is 168 g/mol. The first-order valence-corrected chi connectivity index (χ1v) is 3.96. The number of ketones is 1. The summed E-state index contributed by atoms with van der Waals surface area (Å²) in [4.78, 5) is 10.7. The van der Waals surface area contributed by atoms with E-state index in [-0.39, 0.29) is 0 Å². The number of hydrogen-bond acceptors (Lipinski definition) is 1. The molecule has 46 valence electrons. The predicted molar refractivity (Wildman–Crippen MR) is 36.1 cm³/mol. The fraction of sp³-hybridized carbons (Fsp3) is 0.833. The van der Waals surface area contributed by atoms with Crippen LogP contribution in [0.3, 0.4) is 0 Å². The van der Waals surface area contributed by atoms with Crippen LogP contribution in [0.2, 0.25) is 0 Å². The Bertz CT molecular complexity index is 111. The van der Waals surface area contributed by atoms with E-state index in [1.807, 2.05) is 0 Å². The number of hydrogen-bond donors (Lipinski definition) is 0. The van der Waals surface area contributed by atoms with E-state index < -0.39 is 0 Å². The van der Waals surface area contributed by atoms with Gasteiger partial charge in [-0.3, -0.25) is 4.79 Å². The van der Waals surface area contributed by atoms with Crippen molar-refractivity contribution < 1.29 is 4.79 Å². The second-order valence-corrected chi connectivity index (χ2v) is 2.98. The molecule has 0 amide bonds. The van der Waals surface area contributed by atoms with Crippen LogP contribution in [0.15, 0.2) is 0 Å². The van der Waals surface area contributed by atoms with E-state index >= 15 is 0 Å². The monoisotopic (exact) mass is 176 g/mol. The lowest BCUT2D eigenvalue weighted by Crippen LogP contribution is -2.01. The summed E-state index contributed by atoms with van der Waals surface area (Å²) >= 11 is 3.13. The first kappa shape index (κ1) is 6.27. The van der Waals surface area contributed by atoms with Gasteiger partial charge in [-0.15, -0.1) is 0 Å². The number of halogens is 1. The third kappa shape index (κ3) is 1.10. The first-order chi connectivity index (χ1) is 3.75. The van der Waals surface area contributed by atoms with Crippen molar-refractivity contribution in [3.05, 3.63) is 0 Å². The second-order valence-electron chi connectivity index (χ2n) is 2.42. The molecule has 0 aliphatic heterocycles. The van der Waals surface area contributed by atoms with E-state index in [0.29, 0.717) is 22.9 Å². The summed E-state index contributed by atoms with van der Waals surface area (Å²) < 4.78 is 0. The highest BCUT2D eigenvalue weighted by molar-refractivity contribution is 9.09. The van der Waals surface area contributed by atoms with Gasteiger partial charge in [-0.2, -0.15) is 0 Å². The third-order valence-corrected chi connectivity index (χ3v) is 2.21. The van der Waals surface area contributed by atoms with Gasteiger partial charge in [-0.1, -0.05) is 22.9 Å². The maximum absolute atomic E-state index is 10.7. The van der Waals surface area contributed by atoms with Gasteiger partial charge in [0, 0.05) is 5.92 Å². The van der Waals surface area contributed by atoms with Crippen molar-refractivity contribution in [1.29, 1.82) is 0 Å². The molecule has 2 heteroatoms. The number of rotatable bonds is 2. The molecule has 0 aromatic rings. The lowest BCUT2D eigenvalue weighted by molar-refractivity contribution is -0.117.